The van der Waals surface area contributed by atoms with Crippen LogP contribution in [-0.4, -0.2) is 45.7 Å². The Kier molecular flexibility index (Phi) is 5.75. The lowest BCUT2D eigenvalue weighted by molar-refractivity contribution is 0.191. The summed E-state index contributed by atoms with van der Waals surface area (Å²) in [6.07, 6.45) is 2.21. The number of anilines is 2. The summed E-state index contributed by atoms with van der Waals surface area (Å²) in [6.45, 7) is 2.34. The molecule has 4 N–H and O–H groups in total. The molecule has 0 radical (unpaired) electrons. The van der Waals surface area contributed by atoms with Gasteiger partial charge in [0, 0.05) is 30.9 Å². The second kappa shape index (κ2) is 8.97. The van der Waals surface area contributed by atoms with Crippen LogP contribution >= 0.6 is 11.3 Å². The van der Waals surface area contributed by atoms with E-state index in [-0.39, 0.29) is 0 Å². The molecule has 0 spiro atoms. The Bertz CT molecular complexity index is 1160. The predicted molar refractivity (Wildman–Crippen MR) is 125 cm³/mol. The van der Waals surface area contributed by atoms with Crippen LogP contribution in [0, 0.1) is 0 Å². The fraction of sp³-hybridized carbons (Fsp3) is 0.261. The first-order chi connectivity index (χ1) is 15.3. The molecule has 1 aliphatic rings. The molecule has 158 valence electrons. The molecule has 1 aromatic carbocycles. The zero-order valence-corrected chi connectivity index (χ0v) is 17.8. The summed E-state index contributed by atoms with van der Waals surface area (Å²) in [7, 11) is 0. The molecule has 4 aromatic rings. The average molecular weight is 433 g/mol. The van der Waals surface area contributed by atoms with Crippen LogP contribution in [-0.2, 0) is 0 Å². The number of rotatable bonds is 7. The number of aliphatic hydroxyl groups is 1. The van der Waals surface area contributed by atoms with Gasteiger partial charge in [-0.3, -0.25) is 0 Å². The molecule has 1 aliphatic heterocycles. The average Bonchev–Trinajstić information content (AvgIpc) is 3.50. The highest BCUT2D eigenvalue weighted by Gasteiger charge is 2.18. The summed E-state index contributed by atoms with van der Waals surface area (Å²) in [4.78, 5) is 14.0. The fourth-order valence-corrected chi connectivity index (χ4v) is 4.51. The maximum atomic E-state index is 10.4. The van der Waals surface area contributed by atoms with E-state index in [2.05, 4.69) is 20.9 Å². The van der Waals surface area contributed by atoms with Crippen molar-refractivity contribution in [1.29, 1.82) is 0 Å². The minimum atomic E-state index is -0.610. The Balaban J connectivity index is 1.37. The smallest absolute Gasteiger partial charge is 0.162 e. The van der Waals surface area contributed by atoms with Gasteiger partial charge in [0.05, 0.1) is 16.3 Å². The lowest BCUT2D eigenvalue weighted by Gasteiger charge is -2.15. The molecule has 0 unspecified atom stereocenters. The van der Waals surface area contributed by atoms with Crippen molar-refractivity contribution in [3.8, 4) is 11.4 Å². The van der Waals surface area contributed by atoms with Crippen molar-refractivity contribution in [3.63, 3.8) is 0 Å². The molecule has 8 heteroatoms. The molecule has 1 saturated heterocycles. The highest BCUT2D eigenvalue weighted by Crippen LogP contribution is 2.30. The van der Waals surface area contributed by atoms with E-state index in [1.807, 2.05) is 53.9 Å². The predicted octanol–water partition coefficient (Wildman–Crippen LogP) is 3.67. The molecule has 0 amide bonds. The van der Waals surface area contributed by atoms with Gasteiger partial charge in [-0.05, 0) is 42.1 Å². The summed E-state index contributed by atoms with van der Waals surface area (Å²) in [5, 5.41) is 22.6. The highest BCUT2D eigenvalue weighted by atomic mass is 32.1. The van der Waals surface area contributed by atoms with Gasteiger partial charge in [0.25, 0.3) is 0 Å². The molecule has 0 bridgehead atoms. The van der Waals surface area contributed by atoms with E-state index < -0.39 is 6.10 Å². The topological polar surface area (TPSA) is 95.0 Å². The third kappa shape index (κ3) is 4.51. The second-order valence-corrected chi connectivity index (χ2v) is 8.52. The van der Waals surface area contributed by atoms with E-state index in [9.17, 15) is 5.11 Å². The third-order valence-electron chi connectivity index (χ3n) is 5.38. The largest absolute Gasteiger partial charge is 0.387 e. The number of hydrogen-bond donors (Lipinski definition) is 4. The van der Waals surface area contributed by atoms with Gasteiger partial charge in [0.15, 0.2) is 5.82 Å². The minimum Gasteiger partial charge on any atom is -0.387 e. The van der Waals surface area contributed by atoms with Crippen LogP contribution in [0.4, 0.5) is 11.6 Å². The quantitative estimate of drug-likeness (QED) is 0.354. The summed E-state index contributed by atoms with van der Waals surface area (Å²) < 4.78 is 1.08. The molecule has 0 aliphatic carbocycles. The normalized spacial score (nSPS) is 17.0. The van der Waals surface area contributed by atoms with E-state index in [1.165, 1.54) is 0 Å². The molecular weight excluding hydrogens is 408 g/mol. The number of thiophene rings is 1. The lowest BCUT2D eigenvalue weighted by Crippen LogP contribution is -2.22. The summed E-state index contributed by atoms with van der Waals surface area (Å²) in [5.74, 6) is 2.22. The molecule has 4 heterocycles. The fourth-order valence-electron chi connectivity index (χ4n) is 3.72. The molecule has 7 nitrogen and oxygen atoms in total. The minimum absolute atomic E-state index is 0.367. The number of nitrogens with zero attached hydrogens (tertiary/aromatic N) is 3. The van der Waals surface area contributed by atoms with Crippen LogP contribution < -0.4 is 16.0 Å². The molecule has 0 saturated carbocycles. The Labute approximate surface area is 184 Å². The van der Waals surface area contributed by atoms with E-state index in [4.69, 9.17) is 9.97 Å². The maximum Gasteiger partial charge on any atom is 0.162 e. The van der Waals surface area contributed by atoms with Crippen molar-refractivity contribution >= 4 is 33.2 Å². The number of hydrogen-bond acceptors (Lipinski definition) is 8. The van der Waals surface area contributed by atoms with Crippen LogP contribution in [0.2, 0.25) is 0 Å². The van der Waals surface area contributed by atoms with Crippen molar-refractivity contribution < 1.29 is 5.11 Å². The Morgan fingerprint density at radius 2 is 2.06 bits per heavy atom. The van der Waals surface area contributed by atoms with Crippen LogP contribution in [0.5, 0.6) is 0 Å². The molecule has 3 aromatic heterocycles. The second-order valence-electron chi connectivity index (χ2n) is 7.60. The van der Waals surface area contributed by atoms with Gasteiger partial charge in [-0.2, -0.15) is 0 Å². The zero-order chi connectivity index (χ0) is 21.0. The van der Waals surface area contributed by atoms with Crippen molar-refractivity contribution in [2.24, 2.45) is 0 Å². The Hall–Kier alpha value is -3.07. The van der Waals surface area contributed by atoms with Crippen molar-refractivity contribution in [1.82, 2.24) is 20.3 Å². The monoisotopic (exact) mass is 432 g/mol. The van der Waals surface area contributed by atoms with Crippen molar-refractivity contribution in [3.05, 3.63) is 65.7 Å². The number of pyridine rings is 1. The van der Waals surface area contributed by atoms with E-state index in [1.54, 1.807) is 17.5 Å². The summed E-state index contributed by atoms with van der Waals surface area (Å²) in [6, 6.07) is 15.8. The van der Waals surface area contributed by atoms with Crippen LogP contribution in [0.25, 0.3) is 21.6 Å². The van der Waals surface area contributed by atoms with Gasteiger partial charge in [0.2, 0.25) is 0 Å². The number of aliphatic hydroxyl groups excluding tert-OH is 1. The van der Waals surface area contributed by atoms with Crippen LogP contribution in [0.15, 0.2) is 60.1 Å². The number of aromatic nitrogens is 3. The van der Waals surface area contributed by atoms with E-state index in [0.717, 1.165) is 46.7 Å². The summed E-state index contributed by atoms with van der Waals surface area (Å²) >= 11 is 1.65. The van der Waals surface area contributed by atoms with E-state index >= 15 is 0 Å². The van der Waals surface area contributed by atoms with Crippen LogP contribution in [0.3, 0.4) is 0 Å². The first-order valence-electron chi connectivity index (χ1n) is 10.4. The molecule has 31 heavy (non-hydrogen) atoms. The van der Waals surface area contributed by atoms with Gasteiger partial charge in [-0.25, -0.2) is 15.0 Å². The third-order valence-corrected chi connectivity index (χ3v) is 6.29. The number of benzene rings is 1. The summed E-state index contributed by atoms with van der Waals surface area (Å²) in [5.41, 5.74) is 2.69. The zero-order valence-electron chi connectivity index (χ0n) is 17.0. The van der Waals surface area contributed by atoms with Gasteiger partial charge in [-0.15, -0.1) is 11.3 Å². The van der Waals surface area contributed by atoms with Crippen molar-refractivity contribution in [2.75, 3.05) is 30.3 Å². The highest BCUT2D eigenvalue weighted by molar-refractivity contribution is 7.17. The standard InChI is InChI=1S/C23H24N6OS/c30-19(15-4-2-1-3-5-15)14-26-20-12-16(6-10-25-20)22-28-18-8-11-31-21(18)23(29-22)27-17-7-9-24-13-17/h1-6,8,10-12,17,19,24,30H,7,9,13-14H2,(H,25,26)(H,27,28,29)/t17-,19+/m1/s1. The lowest BCUT2D eigenvalue weighted by atomic mass is 10.1. The van der Waals surface area contributed by atoms with Crippen LogP contribution in [0.1, 0.15) is 18.1 Å². The van der Waals surface area contributed by atoms with Gasteiger partial charge in [0.1, 0.15) is 11.6 Å². The maximum absolute atomic E-state index is 10.4. The van der Waals surface area contributed by atoms with Gasteiger partial charge >= 0.3 is 0 Å². The van der Waals surface area contributed by atoms with Crippen molar-refractivity contribution in [2.45, 2.75) is 18.6 Å². The molecule has 1 fully saturated rings. The molecule has 5 rings (SSSR count). The number of fused-ring (bicyclic) bond motifs is 1. The Morgan fingerprint density at radius 3 is 2.90 bits per heavy atom. The number of nitrogens with one attached hydrogen (secondary N) is 3. The van der Waals surface area contributed by atoms with Gasteiger partial charge < -0.3 is 21.1 Å². The first-order valence-corrected chi connectivity index (χ1v) is 11.3. The molecule has 2 atom stereocenters. The first kappa shape index (κ1) is 19.9. The van der Waals surface area contributed by atoms with E-state index in [0.29, 0.717) is 24.2 Å². The molecular formula is C23H24N6OS. The Morgan fingerprint density at radius 1 is 1.16 bits per heavy atom. The van der Waals surface area contributed by atoms with Gasteiger partial charge in [-0.1, -0.05) is 30.3 Å². The SMILES string of the molecule is O[C@@H](CNc1cc(-c2nc(N[C@@H]3CCNC3)c3sccc3n2)ccn1)c1ccccc1.